The van der Waals surface area contributed by atoms with Crippen molar-refractivity contribution in [1.29, 1.82) is 0 Å². The van der Waals surface area contributed by atoms with Gasteiger partial charge in [0.25, 0.3) is 0 Å². The molecule has 3 N–H and O–H groups in total. The fourth-order valence-corrected chi connectivity index (χ4v) is 0.952. The van der Waals surface area contributed by atoms with E-state index < -0.39 is 11.7 Å². The minimum absolute atomic E-state index is 0.225. The minimum Gasteiger partial charge on any atom is -0.488 e. The van der Waals surface area contributed by atoms with Gasteiger partial charge in [0.2, 0.25) is 0 Å². The predicted molar refractivity (Wildman–Crippen MR) is 44.7 cm³/mol. The molecule has 0 fully saturated rings. The van der Waals surface area contributed by atoms with E-state index in [4.69, 9.17) is 4.74 Å². The van der Waals surface area contributed by atoms with E-state index in [2.05, 4.69) is 5.73 Å². The topological polar surface area (TPSA) is 36.9 Å². The van der Waals surface area contributed by atoms with Gasteiger partial charge in [-0.25, -0.2) is 0 Å². The molecule has 0 atom stereocenters. The van der Waals surface area contributed by atoms with Crippen molar-refractivity contribution in [3.63, 3.8) is 0 Å². The molecule has 5 heteroatoms. The van der Waals surface area contributed by atoms with Gasteiger partial charge < -0.3 is 10.5 Å². The average molecular weight is 206 g/mol. The van der Waals surface area contributed by atoms with Crippen molar-refractivity contribution in [3.8, 4) is 5.75 Å². The summed E-state index contributed by atoms with van der Waals surface area (Å²) in [7, 11) is 0. The fraction of sp³-hybridized carbons (Fsp3) is 0.333. The molecule has 0 saturated carbocycles. The maximum Gasteiger partial charge on any atom is 0.416 e. The summed E-state index contributed by atoms with van der Waals surface area (Å²) >= 11 is 0. The number of benzene rings is 1. The van der Waals surface area contributed by atoms with Crippen molar-refractivity contribution in [1.82, 2.24) is 0 Å². The Bertz CT molecular complexity index is 298. The number of hydrogen-bond donors (Lipinski definition) is 1. The number of quaternary nitrogens is 1. The molecule has 0 bridgehead atoms. The summed E-state index contributed by atoms with van der Waals surface area (Å²) in [6, 6.07) is 4.80. The average Bonchev–Trinajstić information content (AvgIpc) is 2.14. The Kier molecular flexibility index (Phi) is 3.35. The van der Waals surface area contributed by atoms with Crippen molar-refractivity contribution in [3.05, 3.63) is 29.8 Å². The SMILES string of the molecule is [NH3+]CCOc1cccc(C(F)(F)F)c1. The van der Waals surface area contributed by atoms with Crippen LogP contribution in [0.2, 0.25) is 0 Å². The summed E-state index contributed by atoms with van der Waals surface area (Å²) in [4.78, 5) is 0. The third kappa shape index (κ3) is 2.92. The first-order chi connectivity index (χ1) is 6.54. The molecule has 0 unspecified atom stereocenters. The van der Waals surface area contributed by atoms with Gasteiger partial charge >= 0.3 is 6.18 Å². The summed E-state index contributed by atoms with van der Waals surface area (Å²) in [5, 5.41) is 0. The summed E-state index contributed by atoms with van der Waals surface area (Å²) in [5.41, 5.74) is 2.83. The molecule has 78 valence electrons. The van der Waals surface area contributed by atoms with E-state index in [1.165, 1.54) is 12.1 Å². The van der Waals surface area contributed by atoms with Gasteiger partial charge in [-0.1, -0.05) is 6.07 Å². The Morgan fingerprint density at radius 1 is 1.29 bits per heavy atom. The highest BCUT2D eigenvalue weighted by molar-refractivity contribution is 5.30. The van der Waals surface area contributed by atoms with Gasteiger partial charge in [-0.15, -0.1) is 0 Å². The van der Waals surface area contributed by atoms with Gasteiger partial charge in [-0.3, -0.25) is 0 Å². The van der Waals surface area contributed by atoms with Crippen molar-refractivity contribution in [2.45, 2.75) is 6.18 Å². The van der Waals surface area contributed by atoms with Crippen LogP contribution in [0, 0.1) is 0 Å². The first kappa shape index (κ1) is 10.8. The van der Waals surface area contributed by atoms with E-state index in [9.17, 15) is 13.2 Å². The highest BCUT2D eigenvalue weighted by Crippen LogP contribution is 2.31. The molecular formula is C9H11F3NO+. The zero-order valence-corrected chi connectivity index (χ0v) is 7.47. The van der Waals surface area contributed by atoms with Crippen molar-refractivity contribution >= 4 is 0 Å². The van der Waals surface area contributed by atoms with E-state index >= 15 is 0 Å². The molecule has 2 nitrogen and oxygen atoms in total. The molecule has 1 rings (SSSR count). The predicted octanol–water partition coefficient (Wildman–Crippen LogP) is 1.33. The second kappa shape index (κ2) is 4.32. The Hall–Kier alpha value is -1.23. The smallest absolute Gasteiger partial charge is 0.416 e. The van der Waals surface area contributed by atoms with E-state index in [-0.39, 0.29) is 5.75 Å². The van der Waals surface area contributed by atoms with Crippen LogP contribution in [0.1, 0.15) is 5.56 Å². The molecule has 0 aliphatic carbocycles. The van der Waals surface area contributed by atoms with Crippen LogP contribution < -0.4 is 10.5 Å². The van der Waals surface area contributed by atoms with Crippen LogP contribution >= 0.6 is 0 Å². The van der Waals surface area contributed by atoms with Gasteiger partial charge in [0.1, 0.15) is 18.9 Å². The first-order valence-electron chi connectivity index (χ1n) is 4.13. The molecule has 0 aromatic heterocycles. The van der Waals surface area contributed by atoms with Crippen molar-refractivity contribution < 1.29 is 23.6 Å². The molecule has 0 aliphatic heterocycles. The molecule has 14 heavy (non-hydrogen) atoms. The molecule has 0 aliphatic rings. The Morgan fingerprint density at radius 2 is 2.00 bits per heavy atom. The van der Waals surface area contributed by atoms with Crippen LogP contribution in [0.25, 0.3) is 0 Å². The third-order valence-corrected chi connectivity index (χ3v) is 1.57. The molecule has 1 aromatic carbocycles. The zero-order valence-electron chi connectivity index (χ0n) is 7.47. The van der Waals surface area contributed by atoms with Crippen LogP contribution in [0.4, 0.5) is 13.2 Å². The van der Waals surface area contributed by atoms with Crippen LogP contribution in [-0.4, -0.2) is 13.2 Å². The quantitative estimate of drug-likeness (QED) is 0.795. The summed E-state index contributed by atoms with van der Waals surface area (Å²) in [6.07, 6.45) is -4.32. The maximum atomic E-state index is 12.2. The lowest BCUT2D eigenvalue weighted by atomic mass is 10.2. The van der Waals surface area contributed by atoms with Gasteiger partial charge in [0, 0.05) is 0 Å². The highest BCUT2D eigenvalue weighted by atomic mass is 19.4. The summed E-state index contributed by atoms with van der Waals surface area (Å²) in [5.74, 6) is 0.225. The third-order valence-electron chi connectivity index (χ3n) is 1.57. The van der Waals surface area contributed by atoms with E-state index in [0.29, 0.717) is 13.2 Å². The van der Waals surface area contributed by atoms with Crippen molar-refractivity contribution in [2.75, 3.05) is 13.2 Å². The number of hydrogen-bond acceptors (Lipinski definition) is 1. The van der Waals surface area contributed by atoms with Crippen LogP contribution in [-0.2, 0) is 6.18 Å². The largest absolute Gasteiger partial charge is 0.488 e. The molecule has 0 spiro atoms. The monoisotopic (exact) mass is 206 g/mol. The number of halogens is 3. The van der Waals surface area contributed by atoms with Crippen LogP contribution in [0.15, 0.2) is 24.3 Å². The van der Waals surface area contributed by atoms with E-state index in [1.807, 2.05) is 0 Å². The second-order valence-electron chi connectivity index (χ2n) is 2.73. The van der Waals surface area contributed by atoms with Crippen molar-refractivity contribution in [2.24, 2.45) is 0 Å². The highest BCUT2D eigenvalue weighted by Gasteiger charge is 2.30. The van der Waals surface area contributed by atoms with Crippen LogP contribution in [0.3, 0.4) is 0 Å². The van der Waals surface area contributed by atoms with Gasteiger partial charge in [0.05, 0.1) is 5.56 Å². The summed E-state index contributed by atoms with van der Waals surface area (Å²) in [6.45, 7) is 0.845. The lowest BCUT2D eigenvalue weighted by Gasteiger charge is -2.08. The lowest BCUT2D eigenvalue weighted by molar-refractivity contribution is -0.370. The number of alkyl halides is 3. The Balaban J connectivity index is 2.79. The van der Waals surface area contributed by atoms with Gasteiger partial charge in [-0.05, 0) is 18.2 Å². The molecule has 0 heterocycles. The number of ether oxygens (including phenoxy) is 1. The minimum atomic E-state index is -4.32. The maximum absolute atomic E-state index is 12.2. The van der Waals surface area contributed by atoms with E-state index in [0.717, 1.165) is 12.1 Å². The zero-order chi connectivity index (χ0) is 10.6. The fourth-order valence-electron chi connectivity index (χ4n) is 0.952. The molecule has 1 aromatic rings. The van der Waals surface area contributed by atoms with Gasteiger partial charge in [0.15, 0.2) is 0 Å². The molecule has 0 amide bonds. The second-order valence-corrected chi connectivity index (χ2v) is 2.73. The van der Waals surface area contributed by atoms with Crippen LogP contribution in [0.5, 0.6) is 5.75 Å². The molecule has 0 radical (unpaired) electrons. The molecular weight excluding hydrogens is 195 g/mol. The molecule has 0 saturated heterocycles. The first-order valence-corrected chi connectivity index (χ1v) is 4.13. The number of rotatable bonds is 3. The lowest BCUT2D eigenvalue weighted by Crippen LogP contribution is -2.52. The van der Waals surface area contributed by atoms with E-state index in [1.54, 1.807) is 0 Å². The Morgan fingerprint density at radius 3 is 2.57 bits per heavy atom. The summed E-state index contributed by atoms with van der Waals surface area (Å²) < 4.78 is 41.7. The van der Waals surface area contributed by atoms with Gasteiger partial charge in [-0.2, -0.15) is 13.2 Å². The standard InChI is InChI=1S/C9H10F3NO/c10-9(11,12)7-2-1-3-8(6-7)14-5-4-13/h1-3,6H,4-5,13H2/p+1. The normalized spacial score (nSPS) is 11.4. The Labute approximate surface area is 79.5 Å².